The highest BCUT2D eigenvalue weighted by Gasteiger charge is 2.32. The summed E-state index contributed by atoms with van der Waals surface area (Å²) in [5.41, 5.74) is 1.41. The minimum Gasteiger partial charge on any atom is -0.508 e. The zero-order chi connectivity index (χ0) is 21.2. The Bertz CT molecular complexity index is 481. The van der Waals surface area contributed by atoms with Gasteiger partial charge in [0.2, 0.25) is 0 Å². The second kappa shape index (κ2) is 16.8. The van der Waals surface area contributed by atoms with Crippen LogP contribution in [0.4, 0.5) is 0 Å². The lowest BCUT2D eigenvalue weighted by Gasteiger charge is -2.36. The zero-order valence-electron chi connectivity index (χ0n) is 20.0. The fourth-order valence-corrected chi connectivity index (χ4v) is 4.90. The highest BCUT2D eigenvalue weighted by Crippen LogP contribution is 2.44. The van der Waals surface area contributed by atoms with Crippen LogP contribution in [-0.4, -0.2) is 5.11 Å². The van der Waals surface area contributed by atoms with E-state index in [1.165, 1.54) is 121 Å². The maximum Gasteiger partial charge on any atom is 0.119 e. The van der Waals surface area contributed by atoms with Crippen molar-refractivity contribution in [1.82, 2.24) is 0 Å². The van der Waals surface area contributed by atoms with E-state index in [4.69, 9.17) is 0 Å². The first-order chi connectivity index (χ1) is 14.2. The maximum atomic E-state index is 10.8. The SMILES string of the molecule is CCCCCCCCCC(CCCCCC)(CCCCCC)c1ccccc1O. The normalized spacial score (nSPS) is 11.8. The molecule has 0 unspecified atom stereocenters. The Labute approximate surface area is 182 Å². The summed E-state index contributed by atoms with van der Waals surface area (Å²) >= 11 is 0. The Morgan fingerprint density at radius 1 is 0.552 bits per heavy atom. The van der Waals surface area contributed by atoms with Gasteiger partial charge < -0.3 is 5.11 Å². The Kier molecular flexibility index (Phi) is 15.1. The van der Waals surface area contributed by atoms with Crippen LogP contribution in [0.3, 0.4) is 0 Å². The topological polar surface area (TPSA) is 20.2 Å². The second-order valence-corrected chi connectivity index (χ2v) is 9.29. The summed E-state index contributed by atoms with van der Waals surface area (Å²) in [6.45, 7) is 6.87. The van der Waals surface area contributed by atoms with Crippen molar-refractivity contribution in [2.75, 3.05) is 0 Å². The third-order valence-electron chi connectivity index (χ3n) is 6.75. The standard InChI is InChI=1S/C28H50O/c1-4-7-10-13-14-15-20-25-28(23-18-11-8-5-2,24-19-12-9-6-3)26-21-16-17-22-27(26)29/h16-17,21-22,29H,4-15,18-20,23-25H2,1-3H3. The number of rotatable bonds is 19. The number of para-hydroxylation sites is 1. The van der Waals surface area contributed by atoms with Crippen molar-refractivity contribution in [3.63, 3.8) is 0 Å². The van der Waals surface area contributed by atoms with Gasteiger partial charge in [-0.2, -0.15) is 0 Å². The van der Waals surface area contributed by atoms with Gasteiger partial charge in [-0.25, -0.2) is 0 Å². The molecule has 168 valence electrons. The van der Waals surface area contributed by atoms with Gasteiger partial charge in [0.1, 0.15) is 5.75 Å². The van der Waals surface area contributed by atoms with Crippen LogP contribution >= 0.6 is 0 Å². The molecule has 1 heteroatoms. The summed E-state index contributed by atoms with van der Waals surface area (Å²) in [4.78, 5) is 0. The first-order valence-electron chi connectivity index (χ1n) is 13.0. The van der Waals surface area contributed by atoms with Gasteiger partial charge >= 0.3 is 0 Å². The summed E-state index contributed by atoms with van der Waals surface area (Å²) in [5.74, 6) is 0.529. The van der Waals surface area contributed by atoms with Crippen molar-refractivity contribution in [1.29, 1.82) is 0 Å². The fourth-order valence-electron chi connectivity index (χ4n) is 4.90. The van der Waals surface area contributed by atoms with Crippen LogP contribution in [0.5, 0.6) is 5.75 Å². The molecule has 0 atom stereocenters. The van der Waals surface area contributed by atoms with Gasteiger partial charge in [-0.3, -0.25) is 0 Å². The molecule has 0 bridgehead atoms. The van der Waals surface area contributed by atoms with Gasteiger partial charge in [-0.15, -0.1) is 0 Å². The molecule has 29 heavy (non-hydrogen) atoms. The molecule has 0 aliphatic carbocycles. The van der Waals surface area contributed by atoms with Gasteiger partial charge in [0.05, 0.1) is 0 Å². The van der Waals surface area contributed by atoms with E-state index in [-0.39, 0.29) is 5.41 Å². The summed E-state index contributed by atoms with van der Waals surface area (Å²) < 4.78 is 0. The quantitative estimate of drug-likeness (QED) is 0.228. The fraction of sp³-hybridized carbons (Fsp3) is 0.786. The van der Waals surface area contributed by atoms with Gasteiger partial charge in [-0.05, 0) is 30.7 Å². The first kappa shape index (κ1) is 26.1. The van der Waals surface area contributed by atoms with Crippen molar-refractivity contribution >= 4 is 0 Å². The molecule has 0 fully saturated rings. The van der Waals surface area contributed by atoms with E-state index in [1.54, 1.807) is 0 Å². The number of hydrogen-bond acceptors (Lipinski definition) is 1. The van der Waals surface area contributed by atoms with Crippen LogP contribution in [-0.2, 0) is 5.41 Å². The van der Waals surface area contributed by atoms with E-state index in [1.807, 2.05) is 12.1 Å². The van der Waals surface area contributed by atoms with Crippen LogP contribution in [0.1, 0.15) is 142 Å². The third kappa shape index (κ3) is 10.6. The molecule has 1 nitrogen and oxygen atoms in total. The van der Waals surface area contributed by atoms with Crippen molar-refractivity contribution in [2.45, 2.75) is 142 Å². The van der Waals surface area contributed by atoms with Crippen molar-refractivity contribution in [2.24, 2.45) is 0 Å². The highest BCUT2D eigenvalue weighted by molar-refractivity contribution is 5.38. The lowest BCUT2D eigenvalue weighted by atomic mass is 9.69. The number of hydrogen-bond donors (Lipinski definition) is 1. The average Bonchev–Trinajstić information content (AvgIpc) is 2.73. The summed E-state index contributed by atoms with van der Waals surface area (Å²) in [6, 6.07) is 8.24. The number of phenolic OH excluding ortho intramolecular Hbond substituents is 1. The second-order valence-electron chi connectivity index (χ2n) is 9.29. The summed E-state index contributed by atoms with van der Waals surface area (Å²) in [7, 11) is 0. The molecule has 0 spiro atoms. The molecule has 0 aliphatic heterocycles. The molecule has 1 N–H and O–H groups in total. The van der Waals surface area contributed by atoms with E-state index in [2.05, 4.69) is 32.9 Å². The van der Waals surface area contributed by atoms with Crippen molar-refractivity contribution in [3.05, 3.63) is 29.8 Å². The summed E-state index contributed by atoms with van der Waals surface area (Å²) in [6.07, 6.45) is 23.8. The molecule has 0 saturated heterocycles. The van der Waals surface area contributed by atoms with E-state index in [0.29, 0.717) is 5.75 Å². The van der Waals surface area contributed by atoms with Crippen LogP contribution in [0.15, 0.2) is 24.3 Å². The molecule has 0 radical (unpaired) electrons. The Hall–Kier alpha value is -0.980. The van der Waals surface area contributed by atoms with Crippen LogP contribution < -0.4 is 0 Å². The summed E-state index contributed by atoms with van der Waals surface area (Å²) in [5, 5.41) is 10.8. The third-order valence-corrected chi connectivity index (χ3v) is 6.75. The highest BCUT2D eigenvalue weighted by atomic mass is 16.3. The molecule has 0 amide bonds. The van der Waals surface area contributed by atoms with E-state index in [9.17, 15) is 5.11 Å². The molecule has 1 aromatic rings. The van der Waals surface area contributed by atoms with Crippen LogP contribution in [0.25, 0.3) is 0 Å². The Morgan fingerprint density at radius 3 is 1.38 bits per heavy atom. The van der Waals surface area contributed by atoms with Gasteiger partial charge in [0, 0.05) is 5.56 Å². The largest absolute Gasteiger partial charge is 0.508 e. The lowest BCUT2D eigenvalue weighted by molar-refractivity contribution is 0.289. The monoisotopic (exact) mass is 402 g/mol. The minimum absolute atomic E-state index is 0.177. The molecule has 1 aromatic carbocycles. The smallest absolute Gasteiger partial charge is 0.119 e. The molecule has 1 rings (SSSR count). The maximum absolute atomic E-state index is 10.8. The van der Waals surface area contributed by atoms with Crippen LogP contribution in [0, 0.1) is 0 Å². The molecule has 0 aromatic heterocycles. The molecule has 0 aliphatic rings. The number of unbranched alkanes of at least 4 members (excludes halogenated alkanes) is 12. The van der Waals surface area contributed by atoms with E-state index < -0.39 is 0 Å². The molecule has 0 heterocycles. The lowest BCUT2D eigenvalue weighted by Crippen LogP contribution is -2.27. The number of aromatic hydroxyl groups is 1. The number of phenols is 1. The number of benzene rings is 1. The van der Waals surface area contributed by atoms with Gasteiger partial charge in [0.25, 0.3) is 0 Å². The van der Waals surface area contributed by atoms with Gasteiger partial charge in [0.15, 0.2) is 0 Å². The zero-order valence-corrected chi connectivity index (χ0v) is 20.0. The first-order valence-corrected chi connectivity index (χ1v) is 13.0. The van der Waals surface area contributed by atoms with Gasteiger partial charge in [-0.1, -0.05) is 135 Å². The van der Waals surface area contributed by atoms with Crippen LogP contribution in [0.2, 0.25) is 0 Å². The van der Waals surface area contributed by atoms with Crippen molar-refractivity contribution in [3.8, 4) is 5.75 Å². The average molecular weight is 403 g/mol. The Balaban J connectivity index is 2.82. The molecule has 0 saturated carbocycles. The minimum atomic E-state index is 0.177. The molecular weight excluding hydrogens is 352 g/mol. The Morgan fingerprint density at radius 2 is 0.931 bits per heavy atom. The van der Waals surface area contributed by atoms with Crippen molar-refractivity contribution < 1.29 is 5.11 Å². The predicted octanol–water partition coefficient (Wildman–Crippen LogP) is 9.71. The predicted molar refractivity (Wildman–Crippen MR) is 130 cm³/mol. The molecular formula is C28H50O. The van der Waals surface area contributed by atoms with E-state index in [0.717, 1.165) is 0 Å². The van der Waals surface area contributed by atoms with E-state index >= 15 is 0 Å².